The molecule has 0 aliphatic rings. The zero-order valence-electron chi connectivity index (χ0n) is 32.2. The summed E-state index contributed by atoms with van der Waals surface area (Å²) in [6.07, 6.45) is 10.9. The van der Waals surface area contributed by atoms with Crippen molar-refractivity contribution in [1.29, 1.82) is 0 Å². The molecule has 0 fully saturated rings. The van der Waals surface area contributed by atoms with Crippen LogP contribution in [0, 0.1) is 11.8 Å². The maximum Gasteiger partial charge on any atom is 1.00 e. The number of hydrogen-bond acceptors (Lipinski definition) is 12. The SMILES string of the molecule is CCCCC(CC)CNCC(CC)CCCC.O=S(=O)([O-])c1cc(S(=O)(=O)[O-])c2c(N=Nc3ccc(N=Nc4ccccc4)cc3)c(O)ccc2c1.[Na+].[Na+]. The van der Waals surface area contributed by atoms with Crippen molar-refractivity contribution in [1.82, 2.24) is 5.32 Å². The van der Waals surface area contributed by atoms with Crippen molar-refractivity contribution in [3.05, 3.63) is 78.9 Å². The number of unbranched alkanes of at least 4 members (excludes halogenated alkanes) is 2. The van der Waals surface area contributed by atoms with Crippen LogP contribution in [0.3, 0.4) is 0 Å². The zero-order valence-corrected chi connectivity index (χ0v) is 37.9. The van der Waals surface area contributed by atoms with Crippen molar-refractivity contribution in [2.45, 2.75) is 88.9 Å². The van der Waals surface area contributed by atoms with E-state index in [9.17, 15) is 31.0 Å². The van der Waals surface area contributed by atoms with E-state index in [4.69, 9.17) is 0 Å². The summed E-state index contributed by atoms with van der Waals surface area (Å²) in [5, 5.41) is 29.5. The van der Waals surface area contributed by atoms with Crippen molar-refractivity contribution in [2.75, 3.05) is 13.1 Å². The molecule has 0 heterocycles. The molecule has 0 aromatic heterocycles. The average Bonchev–Trinajstić information content (AvgIpc) is 3.13. The van der Waals surface area contributed by atoms with Crippen LogP contribution in [0.4, 0.5) is 22.7 Å². The van der Waals surface area contributed by atoms with Gasteiger partial charge in [-0.2, -0.15) is 15.3 Å². The summed E-state index contributed by atoms with van der Waals surface area (Å²) in [5.41, 5.74) is 1.09. The predicted molar refractivity (Wildman–Crippen MR) is 202 cm³/mol. The summed E-state index contributed by atoms with van der Waals surface area (Å²) >= 11 is 0. The first-order chi connectivity index (χ1) is 24.8. The summed E-state index contributed by atoms with van der Waals surface area (Å²) in [6, 6.07) is 18.9. The fourth-order valence-electron chi connectivity index (χ4n) is 5.50. The molecule has 0 aliphatic carbocycles. The van der Waals surface area contributed by atoms with Crippen molar-refractivity contribution in [2.24, 2.45) is 32.3 Å². The molecule has 4 aromatic rings. The number of fused-ring (bicyclic) bond motifs is 1. The van der Waals surface area contributed by atoms with E-state index >= 15 is 0 Å². The largest absolute Gasteiger partial charge is 1.00 e. The molecule has 0 amide bonds. The van der Waals surface area contributed by atoms with Gasteiger partial charge in [-0.05, 0) is 97.8 Å². The molecule has 16 heteroatoms. The van der Waals surface area contributed by atoms with E-state index in [-0.39, 0.29) is 75.6 Å². The van der Waals surface area contributed by atoms with E-state index in [1.54, 1.807) is 36.4 Å². The van der Waals surface area contributed by atoms with Gasteiger partial charge in [-0.15, -0.1) is 5.11 Å². The van der Waals surface area contributed by atoms with Crippen LogP contribution in [0.1, 0.15) is 79.1 Å². The summed E-state index contributed by atoms with van der Waals surface area (Å²) in [5.74, 6) is 1.29. The van der Waals surface area contributed by atoms with Crippen molar-refractivity contribution in [3.63, 3.8) is 0 Å². The summed E-state index contributed by atoms with van der Waals surface area (Å²) in [7, 11) is -10.3. The number of phenols is 1. The van der Waals surface area contributed by atoms with Crippen LogP contribution in [-0.2, 0) is 20.2 Å². The van der Waals surface area contributed by atoms with Gasteiger partial charge in [0.05, 0.1) is 26.9 Å². The number of aromatic hydroxyl groups is 1. The molecule has 12 nitrogen and oxygen atoms in total. The van der Waals surface area contributed by atoms with Crippen LogP contribution in [0.5, 0.6) is 5.75 Å². The van der Waals surface area contributed by atoms with Gasteiger partial charge in [0.25, 0.3) is 0 Å². The standard InChI is InChI=1S/C22H16N4O7S2.C16H35N.2Na/c27-19-11-6-14-12-18(34(28,29)30)13-20(35(31,32)33)21(14)22(19)26-25-17-9-7-16(8-10-17)24-23-15-4-2-1-3-5-15;1-5-9-11-15(7-3)13-17-14-16(8-4)12-10-6-2;;/h1-13,27H,(H,28,29,30)(H,31,32,33);15-17H,5-14H2,1-4H3;;/q;;2*+1/p-2. The Kier molecular flexibility index (Phi) is 23.3. The number of nitrogens with zero attached hydrogens (tertiary/aromatic N) is 4. The first-order valence-corrected chi connectivity index (χ1v) is 20.5. The Bertz CT molecular complexity index is 1980. The molecular weight excluding hydrogens is 749 g/mol. The smallest absolute Gasteiger partial charge is 0.744 e. The van der Waals surface area contributed by atoms with Gasteiger partial charge in [0.2, 0.25) is 0 Å². The van der Waals surface area contributed by atoms with Gasteiger partial charge in [-0.1, -0.05) is 90.5 Å². The van der Waals surface area contributed by atoms with Crippen molar-refractivity contribution in [3.8, 4) is 5.75 Å². The molecule has 0 saturated heterocycles. The Balaban J connectivity index is 0.000000657. The molecule has 2 unspecified atom stereocenters. The first kappa shape index (κ1) is 49.9. The molecule has 0 aliphatic heterocycles. The number of azo groups is 2. The number of hydrogen-bond donors (Lipinski definition) is 2. The quantitative estimate of drug-likeness (QED) is 0.0849. The molecule has 2 atom stereocenters. The molecule has 2 N–H and O–H groups in total. The van der Waals surface area contributed by atoms with E-state index in [0.29, 0.717) is 23.1 Å². The van der Waals surface area contributed by atoms with Gasteiger partial charge in [0.15, 0.2) is 0 Å². The molecule has 4 aromatic carbocycles. The van der Waals surface area contributed by atoms with E-state index in [1.807, 2.05) is 18.2 Å². The molecule has 0 spiro atoms. The van der Waals surface area contributed by atoms with Gasteiger partial charge < -0.3 is 19.5 Å². The monoisotopic (exact) mass is 797 g/mol. The molecule has 0 saturated carbocycles. The van der Waals surface area contributed by atoms with Crippen LogP contribution in [-0.4, -0.2) is 44.1 Å². The Hall–Kier alpha value is -2.08. The third kappa shape index (κ3) is 16.6. The number of phenolic OH excluding ortho intramolecular Hbond substituents is 1. The van der Waals surface area contributed by atoms with Gasteiger partial charge >= 0.3 is 59.1 Å². The Morgan fingerprint density at radius 1 is 0.648 bits per heavy atom. The van der Waals surface area contributed by atoms with Crippen LogP contribution < -0.4 is 64.4 Å². The molecule has 4 rings (SSSR count). The number of benzene rings is 4. The van der Waals surface area contributed by atoms with Gasteiger partial charge in [-0.3, -0.25) is 0 Å². The van der Waals surface area contributed by atoms with Crippen LogP contribution >= 0.6 is 0 Å². The maximum atomic E-state index is 11.8. The average molecular weight is 798 g/mol. The molecular formula is C38H49N5Na2O7S2. The maximum absolute atomic E-state index is 11.8. The second kappa shape index (κ2) is 25.2. The van der Waals surface area contributed by atoms with E-state index in [1.165, 1.54) is 64.5 Å². The summed E-state index contributed by atoms with van der Waals surface area (Å²) < 4.78 is 69.8. The van der Waals surface area contributed by atoms with Crippen LogP contribution in [0.25, 0.3) is 10.8 Å². The molecule has 0 bridgehead atoms. The van der Waals surface area contributed by atoms with Crippen LogP contribution in [0.2, 0.25) is 0 Å². The summed E-state index contributed by atoms with van der Waals surface area (Å²) in [4.78, 5) is -1.93. The minimum atomic E-state index is -5.26. The van der Waals surface area contributed by atoms with Gasteiger partial charge in [0.1, 0.15) is 31.7 Å². The Morgan fingerprint density at radius 3 is 1.57 bits per heavy atom. The second-order valence-electron chi connectivity index (χ2n) is 12.6. The first-order valence-electron chi connectivity index (χ1n) is 17.7. The zero-order chi connectivity index (χ0) is 38.1. The molecule has 282 valence electrons. The third-order valence-corrected chi connectivity index (χ3v) is 10.3. The minimum absolute atomic E-state index is 0. The van der Waals surface area contributed by atoms with E-state index < -0.39 is 35.8 Å². The molecule has 0 radical (unpaired) electrons. The van der Waals surface area contributed by atoms with E-state index in [0.717, 1.165) is 30.0 Å². The number of rotatable bonds is 18. The fraction of sp³-hybridized carbons (Fsp3) is 0.421. The van der Waals surface area contributed by atoms with Crippen molar-refractivity contribution >= 4 is 53.8 Å². The fourth-order valence-corrected chi connectivity index (χ4v) is 6.84. The van der Waals surface area contributed by atoms with Gasteiger partial charge in [0, 0.05) is 5.39 Å². The summed E-state index contributed by atoms with van der Waals surface area (Å²) in [6.45, 7) is 11.7. The number of nitrogens with one attached hydrogen (secondary N) is 1. The van der Waals surface area contributed by atoms with Gasteiger partial charge in [-0.25, -0.2) is 16.8 Å². The second-order valence-corrected chi connectivity index (χ2v) is 15.3. The van der Waals surface area contributed by atoms with Crippen LogP contribution in [0.15, 0.2) is 109 Å². The molecule has 54 heavy (non-hydrogen) atoms. The predicted octanol–water partition coefficient (Wildman–Crippen LogP) is 4.20. The topological polar surface area (TPSA) is 196 Å². The Labute approximate surface area is 364 Å². The van der Waals surface area contributed by atoms with E-state index in [2.05, 4.69) is 53.5 Å². The third-order valence-electron chi connectivity index (χ3n) is 8.67. The minimum Gasteiger partial charge on any atom is -0.744 e. The normalized spacial score (nSPS) is 12.9. The Morgan fingerprint density at radius 2 is 1.13 bits per heavy atom. The van der Waals surface area contributed by atoms with Crippen molar-refractivity contribution < 1.29 is 90.2 Å².